The fraction of sp³-hybridized carbons (Fsp3) is 0.333. The van der Waals surface area contributed by atoms with E-state index in [1.54, 1.807) is 18.2 Å². The van der Waals surface area contributed by atoms with Gasteiger partial charge < -0.3 is 14.5 Å². The largest absolute Gasteiger partial charge is 0.445 e. The van der Waals surface area contributed by atoms with Gasteiger partial charge in [-0.15, -0.1) is 0 Å². The minimum atomic E-state index is -0.530. The summed E-state index contributed by atoms with van der Waals surface area (Å²) in [6.45, 7) is 4.04. The maximum absolute atomic E-state index is 11.4. The Morgan fingerprint density at radius 2 is 2.14 bits per heavy atom. The molecule has 1 heterocycles. The van der Waals surface area contributed by atoms with Crippen molar-refractivity contribution < 1.29 is 17.1 Å². The second-order valence-corrected chi connectivity index (χ2v) is 4.86. The number of pyridine rings is 1. The van der Waals surface area contributed by atoms with Gasteiger partial charge in [0.2, 0.25) is 5.56 Å². The summed E-state index contributed by atoms with van der Waals surface area (Å²) in [5, 5.41) is 3.39. The van der Waals surface area contributed by atoms with E-state index in [1.165, 1.54) is 6.07 Å². The number of fused-ring (bicyclic) bond motifs is 1. The molecule has 2 aromatic rings. The lowest BCUT2D eigenvalue weighted by molar-refractivity contribution is 0.0568. The topological polar surface area (TPSA) is 80.4 Å². The highest BCUT2D eigenvalue weighted by Crippen LogP contribution is 2.12. The first-order chi connectivity index (χ1) is 10.0. The zero-order chi connectivity index (χ0) is 15.2. The third-order valence-electron chi connectivity index (χ3n) is 2.79. The van der Waals surface area contributed by atoms with E-state index in [2.05, 4.69) is 10.3 Å². The van der Waals surface area contributed by atoms with Crippen molar-refractivity contribution in [3.8, 4) is 0 Å². The minimum absolute atomic E-state index is 0. The van der Waals surface area contributed by atoms with Crippen LogP contribution in [0.3, 0.4) is 0 Å². The van der Waals surface area contributed by atoms with Crippen LogP contribution < -0.4 is 10.9 Å². The highest BCUT2D eigenvalue weighted by atomic mass is 16.6. The standard InChI is InChI=1S/C15H18N2O4.2H2/c1-10(2)21-9-16-15(19)20-8-11-3-5-13-12(7-11)4-6-14(18)17-13;;/h3-7,10H,8-9H2,1-2H3,(H,16,19)(H,17,18);2*1H. The lowest BCUT2D eigenvalue weighted by Crippen LogP contribution is -2.28. The van der Waals surface area contributed by atoms with Gasteiger partial charge in [-0.1, -0.05) is 6.07 Å². The van der Waals surface area contributed by atoms with Gasteiger partial charge in [-0.2, -0.15) is 0 Å². The Kier molecular flexibility index (Phi) is 4.94. The van der Waals surface area contributed by atoms with E-state index in [0.29, 0.717) is 0 Å². The van der Waals surface area contributed by atoms with E-state index < -0.39 is 6.09 Å². The fourth-order valence-corrected chi connectivity index (χ4v) is 1.76. The van der Waals surface area contributed by atoms with Crippen molar-refractivity contribution in [3.63, 3.8) is 0 Å². The van der Waals surface area contributed by atoms with Crippen molar-refractivity contribution in [1.29, 1.82) is 0 Å². The van der Waals surface area contributed by atoms with Crippen LogP contribution in [0.1, 0.15) is 22.3 Å². The van der Waals surface area contributed by atoms with Crippen LogP contribution in [0.2, 0.25) is 0 Å². The van der Waals surface area contributed by atoms with Gasteiger partial charge in [0.1, 0.15) is 13.3 Å². The maximum Gasteiger partial charge on any atom is 0.409 e. The van der Waals surface area contributed by atoms with Gasteiger partial charge in [-0.05, 0) is 43.0 Å². The number of carbonyl (C=O) groups excluding carboxylic acids is 1. The van der Waals surface area contributed by atoms with Crippen molar-refractivity contribution in [2.75, 3.05) is 6.73 Å². The Morgan fingerprint density at radius 1 is 1.33 bits per heavy atom. The monoisotopic (exact) mass is 294 g/mol. The molecule has 6 nitrogen and oxygen atoms in total. The lowest BCUT2D eigenvalue weighted by atomic mass is 10.1. The molecule has 0 fully saturated rings. The lowest BCUT2D eigenvalue weighted by Gasteiger charge is -2.10. The molecule has 0 aliphatic rings. The van der Waals surface area contributed by atoms with Gasteiger partial charge in [-0.25, -0.2) is 4.79 Å². The molecule has 0 aliphatic carbocycles. The SMILES string of the molecule is CC(C)OCNC(=O)OCc1ccc2[nH]c(=O)ccc2c1.[HH].[HH]. The number of aromatic nitrogens is 1. The Bertz CT molecular complexity index is 688. The van der Waals surface area contributed by atoms with Crippen LogP contribution in [0.15, 0.2) is 35.1 Å². The Hall–Kier alpha value is -2.34. The molecule has 0 saturated carbocycles. The molecule has 116 valence electrons. The molecule has 2 N–H and O–H groups in total. The Morgan fingerprint density at radius 3 is 2.90 bits per heavy atom. The average molecular weight is 294 g/mol. The van der Waals surface area contributed by atoms with Crippen molar-refractivity contribution in [1.82, 2.24) is 10.3 Å². The molecule has 1 amide bonds. The zero-order valence-electron chi connectivity index (χ0n) is 12.0. The predicted molar refractivity (Wildman–Crippen MR) is 83.2 cm³/mol. The van der Waals surface area contributed by atoms with Gasteiger partial charge in [0.25, 0.3) is 0 Å². The van der Waals surface area contributed by atoms with Crippen LogP contribution in [0, 0.1) is 0 Å². The number of benzene rings is 1. The smallest absolute Gasteiger partial charge is 0.409 e. The number of ether oxygens (including phenoxy) is 2. The van der Waals surface area contributed by atoms with Crippen LogP contribution in [-0.4, -0.2) is 23.9 Å². The van der Waals surface area contributed by atoms with Crippen LogP contribution in [0.4, 0.5) is 4.79 Å². The number of nitrogens with one attached hydrogen (secondary N) is 2. The molecular weight excluding hydrogens is 272 g/mol. The minimum Gasteiger partial charge on any atom is -0.445 e. The third-order valence-corrected chi connectivity index (χ3v) is 2.79. The van der Waals surface area contributed by atoms with Crippen LogP contribution in [0.25, 0.3) is 10.9 Å². The molecule has 0 atom stereocenters. The number of alkyl carbamates (subject to hydrolysis) is 1. The average Bonchev–Trinajstić information content (AvgIpc) is 2.44. The number of amides is 1. The number of H-pyrrole nitrogens is 1. The van der Waals surface area contributed by atoms with E-state index in [0.717, 1.165) is 16.5 Å². The van der Waals surface area contributed by atoms with Gasteiger partial charge in [0, 0.05) is 14.4 Å². The zero-order valence-corrected chi connectivity index (χ0v) is 12.0. The molecule has 1 aromatic heterocycles. The normalized spacial score (nSPS) is 10.8. The summed E-state index contributed by atoms with van der Waals surface area (Å²) in [7, 11) is 0. The first kappa shape index (κ1) is 15.1. The summed E-state index contributed by atoms with van der Waals surface area (Å²) in [4.78, 5) is 25.4. The number of hydrogen-bond donors (Lipinski definition) is 2. The summed E-state index contributed by atoms with van der Waals surface area (Å²) in [5.41, 5.74) is 1.45. The third kappa shape index (κ3) is 4.61. The van der Waals surface area contributed by atoms with E-state index in [9.17, 15) is 9.59 Å². The quantitative estimate of drug-likeness (QED) is 0.831. The van der Waals surface area contributed by atoms with Crippen molar-refractivity contribution in [3.05, 3.63) is 46.2 Å². The summed E-state index contributed by atoms with van der Waals surface area (Å²) >= 11 is 0. The molecule has 21 heavy (non-hydrogen) atoms. The molecule has 0 bridgehead atoms. The second-order valence-electron chi connectivity index (χ2n) is 4.86. The summed E-state index contributed by atoms with van der Waals surface area (Å²) < 4.78 is 10.3. The van der Waals surface area contributed by atoms with Crippen LogP contribution >= 0.6 is 0 Å². The maximum atomic E-state index is 11.4. The number of hydrogen-bond acceptors (Lipinski definition) is 4. The van der Waals surface area contributed by atoms with Crippen LogP contribution in [0.5, 0.6) is 0 Å². The summed E-state index contributed by atoms with van der Waals surface area (Å²) in [6, 6.07) is 8.64. The first-order valence-corrected chi connectivity index (χ1v) is 6.69. The van der Waals surface area contributed by atoms with Crippen molar-refractivity contribution >= 4 is 17.0 Å². The predicted octanol–water partition coefficient (Wildman–Crippen LogP) is 2.63. The number of rotatable bonds is 5. The van der Waals surface area contributed by atoms with E-state index in [1.807, 2.05) is 19.9 Å². The fourth-order valence-electron chi connectivity index (χ4n) is 1.76. The van der Waals surface area contributed by atoms with Crippen LogP contribution in [-0.2, 0) is 16.1 Å². The molecule has 0 spiro atoms. The number of aromatic amines is 1. The van der Waals surface area contributed by atoms with Crippen molar-refractivity contribution in [2.45, 2.75) is 26.6 Å². The Balaban J connectivity index is 0.00000242. The van der Waals surface area contributed by atoms with E-state index in [4.69, 9.17) is 9.47 Å². The summed E-state index contributed by atoms with van der Waals surface area (Å²) in [5.74, 6) is 0. The second kappa shape index (κ2) is 6.90. The molecule has 2 rings (SSSR count). The molecule has 1 aromatic carbocycles. The van der Waals surface area contributed by atoms with E-state index in [-0.39, 0.29) is 27.9 Å². The van der Waals surface area contributed by atoms with Gasteiger partial charge >= 0.3 is 6.09 Å². The number of carbonyl (C=O) groups is 1. The molecule has 0 aliphatic heterocycles. The molecule has 6 heteroatoms. The highest BCUT2D eigenvalue weighted by molar-refractivity contribution is 5.78. The van der Waals surface area contributed by atoms with Gasteiger partial charge in [0.15, 0.2) is 0 Å². The van der Waals surface area contributed by atoms with Gasteiger partial charge in [0.05, 0.1) is 6.10 Å². The Labute approximate surface area is 125 Å². The highest BCUT2D eigenvalue weighted by Gasteiger charge is 2.04. The first-order valence-electron chi connectivity index (χ1n) is 6.69. The summed E-state index contributed by atoms with van der Waals surface area (Å²) in [6.07, 6.45) is -0.481. The molecule has 0 radical (unpaired) electrons. The van der Waals surface area contributed by atoms with Crippen molar-refractivity contribution in [2.24, 2.45) is 0 Å². The molecular formula is C15H22N2O4. The molecule has 0 saturated heterocycles. The van der Waals surface area contributed by atoms with E-state index >= 15 is 0 Å². The molecule has 0 unspecified atom stereocenters. The van der Waals surface area contributed by atoms with Gasteiger partial charge in [-0.3, -0.25) is 10.1 Å².